The molecule has 0 aromatic carbocycles. The number of nitrogens with two attached hydrogens (primary N) is 1. The number of fused-ring (bicyclic) bond motifs is 1. The van der Waals surface area contributed by atoms with Crippen LogP contribution in [0.1, 0.15) is 31.5 Å². The number of hydrogen-bond acceptors (Lipinski definition) is 2. The van der Waals surface area contributed by atoms with Gasteiger partial charge in [-0.25, -0.2) is 4.98 Å². The first-order chi connectivity index (χ1) is 7.71. The lowest BCUT2D eigenvalue weighted by Gasteiger charge is -2.22. The van der Waals surface area contributed by atoms with Crippen molar-refractivity contribution in [3.05, 3.63) is 35.4 Å². The maximum atomic E-state index is 6.41. The van der Waals surface area contributed by atoms with Gasteiger partial charge in [-0.3, -0.25) is 0 Å². The zero-order valence-corrected chi connectivity index (χ0v) is 9.74. The van der Waals surface area contributed by atoms with Gasteiger partial charge in [0.25, 0.3) is 0 Å². The Morgan fingerprint density at radius 1 is 1.38 bits per heavy atom. The van der Waals surface area contributed by atoms with Gasteiger partial charge < -0.3 is 10.1 Å². The molecular formula is C12H14ClN3. The van der Waals surface area contributed by atoms with Crippen LogP contribution in [-0.4, -0.2) is 9.38 Å². The van der Waals surface area contributed by atoms with Crippen molar-refractivity contribution in [3.63, 3.8) is 0 Å². The van der Waals surface area contributed by atoms with Crippen LogP contribution in [0, 0.1) is 0 Å². The summed E-state index contributed by atoms with van der Waals surface area (Å²) in [7, 11) is 0. The van der Waals surface area contributed by atoms with Crippen molar-refractivity contribution >= 4 is 17.1 Å². The Morgan fingerprint density at radius 3 is 2.88 bits per heavy atom. The van der Waals surface area contributed by atoms with E-state index in [9.17, 15) is 0 Å². The van der Waals surface area contributed by atoms with Crippen LogP contribution in [0.3, 0.4) is 0 Å². The minimum Gasteiger partial charge on any atom is -0.319 e. The highest BCUT2D eigenvalue weighted by Crippen LogP contribution is 2.36. The molecule has 2 N–H and O–H groups in total. The summed E-state index contributed by atoms with van der Waals surface area (Å²) in [6.45, 7) is 0. The second-order valence-electron chi connectivity index (χ2n) is 4.56. The summed E-state index contributed by atoms with van der Waals surface area (Å²) in [5, 5.41) is 0.725. The van der Waals surface area contributed by atoms with Crippen LogP contribution < -0.4 is 5.73 Å². The van der Waals surface area contributed by atoms with Crippen LogP contribution in [0.5, 0.6) is 0 Å². The maximum Gasteiger partial charge on any atom is 0.133 e. The first-order valence-electron chi connectivity index (χ1n) is 5.62. The largest absolute Gasteiger partial charge is 0.319 e. The summed E-state index contributed by atoms with van der Waals surface area (Å²) in [5.74, 6) is 0.947. The molecule has 2 heterocycles. The highest BCUT2D eigenvalue weighted by Gasteiger charge is 2.35. The van der Waals surface area contributed by atoms with Crippen molar-refractivity contribution in [2.24, 2.45) is 5.73 Å². The zero-order chi connectivity index (χ0) is 11.2. The highest BCUT2D eigenvalue weighted by molar-refractivity contribution is 6.33. The Labute approximate surface area is 99.2 Å². The van der Waals surface area contributed by atoms with E-state index in [0.717, 1.165) is 29.2 Å². The molecule has 1 fully saturated rings. The molecule has 3 rings (SSSR count). The minimum atomic E-state index is -0.267. The summed E-state index contributed by atoms with van der Waals surface area (Å²) in [4.78, 5) is 4.46. The number of pyridine rings is 1. The average molecular weight is 236 g/mol. The highest BCUT2D eigenvalue weighted by atomic mass is 35.5. The van der Waals surface area contributed by atoms with E-state index in [1.807, 2.05) is 28.9 Å². The first-order valence-corrected chi connectivity index (χ1v) is 5.99. The van der Waals surface area contributed by atoms with Gasteiger partial charge in [-0.05, 0) is 25.0 Å². The van der Waals surface area contributed by atoms with E-state index in [-0.39, 0.29) is 5.54 Å². The molecule has 4 heteroatoms. The van der Waals surface area contributed by atoms with Crippen molar-refractivity contribution in [1.82, 2.24) is 9.38 Å². The summed E-state index contributed by atoms with van der Waals surface area (Å²) < 4.78 is 2.02. The van der Waals surface area contributed by atoms with Gasteiger partial charge in [-0.2, -0.15) is 0 Å². The van der Waals surface area contributed by atoms with Gasteiger partial charge in [-0.15, -0.1) is 0 Å². The van der Waals surface area contributed by atoms with E-state index in [1.165, 1.54) is 12.8 Å². The van der Waals surface area contributed by atoms with E-state index in [1.54, 1.807) is 0 Å². The van der Waals surface area contributed by atoms with E-state index >= 15 is 0 Å². The molecule has 2 aromatic heterocycles. The van der Waals surface area contributed by atoms with Crippen LogP contribution in [0.15, 0.2) is 24.5 Å². The van der Waals surface area contributed by atoms with Crippen molar-refractivity contribution in [3.8, 4) is 0 Å². The van der Waals surface area contributed by atoms with Crippen molar-refractivity contribution in [2.75, 3.05) is 0 Å². The van der Waals surface area contributed by atoms with Crippen LogP contribution in [0.4, 0.5) is 0 Å². The third-order valence-electron chi connectivity index (χ3n) is 3.46. The van der Waals surface area contributed by atoms with Crippen LogP contribution in [-0.2, 0) is 5.54 Å². The Balaban J connectivity index is 2.21. The number of imidazole rings is 1. The topological polar surface area (TPSA) is 43.3 Å². The van der Waals surface area contributed by atoms with E-state index in [0.29, 0.717) is 0 Å². The molecule has 1 saturated carbocycles. The van der Waals surface area contributed by atoms with Gasteiger partial charge in [0.05, 0.1) is 22.3 Å². The van der Waals surface area contributed by atoms with Crippen LogP contribution in [0.2, 0.25) is 5.02 Å². The standard InChI is InChI=1S/C12H14ClN3/c13-9-4-3-7-16-10(9)8-15-11(16)12(14)5-1-2-6-12/h3-4,7-8H,1-2,5-6,14H2. The summed E-state index contributed by atoms with van der Waals surface area (Å²) in [6.07, 6.45) is 8.19. The number of hydrogen-bond donors (Lipinski definition) is 1. The van der Waals surface area contributed by atoms with Gasteiger partial charge in [0, 0.05) is 6.20 Å². The fraction of sp³-hybridized carbons (Fsp3) is 0.417. The van der Waals surface area contributed by atoms with Crippen LogP contribution >= 0.6 is 11.6 Å². The number of halogens is 1. The van der Waals surface area contributed by atoms with Crippen LogP contribution in [0.25, 0.3) is 5.52 Å². The van der Waals surface area contributed by atoms with Gasteiger partial charge in [-0.1, -0.05) is 24.4 Å². The summed E-state index contributed by atoms with van der Waals surface area (Å²) >= 11 is 6.12. The number of nitrogens with zero attached hydrogens (tertiary/aromatic N) is 2. The molecular weight excluding hydrogens is 222 g/mol. The molecule has 0 radical (unpaired) electrons. The smallest absolute Gasteiger partial charge is 0.133 e. The molecule has 0 spiro atoms. The molecule has 0 atom stereocenters. The minimum absolute atomic E-state index is 0.267. The fourth-order valence-corrected chi connectivity index (χ4v) is 2.80. The Kier molecular flexibility index (Phi) is 2.19. The zero-order valence-electron chi connectivity index (χ0n) is 8.99. The maximum absolute atomic E-state index is 6.41. The predicted molar refractivity (Wildman–Crippen MR) is 64.5 cm³/mol. The van der Waals surface area contributed by atoms with E-state index in [2.05, 4.69) is 4.98 Å². The SMILES string of the molecule is NC1(c2ncc3c(Cl)cccn23)CCCC1. The molecule has 2 aromatic rings. The van der Waals surface area contributed by atoms with Gasteiger partial charge in [0.2, 0.25) is 0 Å². The lowest BCUT2D eigenvalue weighted by Crippen LogP contribution is -2.35. The van der Waals surface area contributed by atoms with Gasteiger partial charge >= 0.3 is 0 Å². The number of rotatable bonds is 1. The molecule has 0 unspecified atom stereocenters. The third-order valence-corrected chi connectivity index (χ3v) is 3.78. The first kappa shape index (κ1) is 10.1. The Morgan fingerprint density at radius 2 is 2.12 bits per heavy atom. The second-order valence-corrected chi connectivity index (χ2v) is 4.96. The van der Waals surface area contributed by atoms with E-state index in [4.69, 9.17) is 17.3 Å². The Bertz CT molecular complexity index is 526. The lowest BCUT2D eigenvalue weighted by molar-refractivity contribution is 0.430. The molecule has 16 heavy (non-hydrogen) atoms. The fourth-order valence-electron chi connectivity index (χ4n) is 2.59. The summed E-state index contributed by atoms with van der Waals surface area (Å²) in [5.41, 5.74) is 7.09. The molecule has 0 bridgehead atoms. The Hall–Kier alpha value is -1.06. The normalized spacial score (nSPS) is 19.4. The molecule has 0 amide bonds. The average Bonchev–Trinajstić information content (AvgIpc) is 2.85. The molecule has 1 aliphatic rings. The molecule has 84 valence electrons. The molecule has 1 aliphatic carbocycles. The summed E-state index contributed by atoms with van der Waals surface area (Å²) in [6, 6.07) is 3.80. The lowest BCUT2D eigenvalue weighted by atomic mass is 9.98. The third kappa shape index (κ3) is 1.35. The van der Waals surface area contributed by atoms with Gasteiger partial charge in [0.1, 0.15) is 5.82 Å². The van der Waals surface area contributed by atoms with E-state index < -0.39 is 0 Å². The quantitative estimate of drug-likeness (QED) is 0.826. The molecule has 0 saturated heterocycles. The van der Waals surface area contributed by atoms with Crippen molar-refractivity contribution in [2.45, 2.75) is 31.2 Å². The van der Waals surface area contributed by atoms with Crippen molar-refractivity contribution < 1.29 is 0 Å². The molecule has 0 aliphatic heterocycles. The monoisotopic (exact) mass is 235 g/mol. The van der Waals surface area contributed by atoms with Crippen molar-refractivity contribution in [1.29, 1.82) is 0 Å². The molecule has 3 nitrogen and oxygen atoms in total. The van der Waals surface area contributed by atoms with Gasteiger partial charge in [0.15, 0.2) is 0 Å². The number of aromatic nitrogens is 2. The second kappa shape index (κ2) is 3.47. The predicted octanol–water partition coefficient (Wildman–Crippen LogP) is 2.72.